The number of carbonyl (C=O) groups excluding carboxylic acids is 1. The summed E-state index contributed by atoms with van der Waals surface area (Å²) in [5.74, 6) is -1.28. The third-order valence-corrected chi connectivity index (χ3v) is 4.67. The molecule has 0 saturated carbocycles. The summed E-state index contributed by atoms with van der Waals surface area (Å²) in [6, 6.07) is 7.06. The number of aliphatic carboxylic acids is 1. The molecule has 0 radical (unpaired) electrons. The molecule has 5 nitrogen and oxygen atoms in total. The van der Waals surface area contributed by atoms with Crippen LogP contribution < -0.4 is 0 Å². The van der Waals surface area contributed by atoms with Crippen LogP contribution >= 0.6 is 11.3 Å². The maximum atomic E-state index is 12.7. The normalized spacial score (nSPS) is 12.0. The predicted octanol–water partition coefficient (Wildman–Crippen LogP) is 3.44. The second kappa shape index (κ2) is 7.37. The van der Waals surface area contributed by atoms with Gasteiger partial charge in [0, 0.05) is 28.2 Å². The highest BCUT2D eigenvalue weighted by Crippen LogP contribution is 2.25. The van der Waals surface area contributed by atoms with E-state index in [4.69, 9.17) is 5.11 Å². The Morgan fingerprint density at radius 3 is 2.70 bits per heavy atom. The van der Waals surface area contributed by atoms with Gasteiger partial charge in [-0.2, -0.15) is 0 Å². The summed E-state index contributed by atoms with van der Waals surface area (Å²) >= 11 is 1.52. The minimum atomic E-state index is -1.01. The average Bonchev–Trinajstić information content (AvgIpc) is 2.97. The van der Waals surface area contributed by atoms with Gasteiger partial charge >= 0.3 is 5.97 Å². The molecule has 1 N–H and O–H groups in total. The summed E-state index contributed by atoms with van der Waals surface area (Å²) in [6.45, 7) is 5.41. The molecule has 0 aliphatic heterocycles. The van der Waals surface area contributed by atoms with Gasteiger partial charge in [0.2, 0.25) is 0 Å². The maximum absolute atomic E-state index is 12.7. The van der Waals surface area contributed by atoms with Gasteiger partial charge < -0.3 is 10.0 Å². The summed E-state index contributed by atoms with van der Waals surface area (Å²) < 4.78 is 0. The van der Waals surface area contributed by atoms with Crippen molar-refractivity contribution in [1.82, 2.24) is 9.88 Å². The van der Waals surface area contributed by atoms with Gasteiger partial charge in [0.1, 0.15) is 11.6 Å². The molecule has 6 heteroatoms. The number of amides is 1. The Morgan fingerprint density at radius 2 is 2.13 bits per heavy atom. The molecule has 1 unspecified atom stereocenters. The number of hydrogen-bond acceptors (Lipinski definition) is 4. The third-order valence-electron chi connectivity index (χ3n) is 3.66. The van der Waals surface area contributed by atoms with Crippen LogP contribution in [0.1, 0.15) is 36.3 Å². The first kappa shape index (κ1) is 17.1. The number of rotatable bonds is 6. The molecule has 122 valence electrons. The highest BCUT2D eigenvalue weighted by molar-refractivity contribution is 7.13. The number of benzene rings is 1. The highest BCUT2D eigenvalue weighted by atomic mass is 32.1. The quantitative estimate of drug-likeness (QED) is 0.879. The van der Waals surface area contributed by atoms with Crippen LogP contribution in [0, 0.1) is 6.92 Å². The second-order valence-electron chi connectivity index (χ2n) is 5.46. The molecule has 23 heavy (non-hydrogen) atoms. The summed E-state index contributed by atoms with van der Waals surface area (Å²) in [7, 11) is 0. The minimum absolute atomic E-state index is 0.135. The molecule has 0 saturated heterocycles. The van der Waals surface area contributed by atoms with Gasteiger partial charge in [-0.15, -0.1) is 11.3 Å². The topological polar surface area (TPSA) is 70.5 Å². The highest BCUT2D eigenvalue weighted by Gasteiger charge is 2.23. The van der Waals surface area contributed by atoms with E-state index in [0.717, 1.165) is 16.3 Å². The van der Waals surface area contributed by atoms with E-state index >= 15 is 0 Å². The number of nitrogens with zero attached hydrogens (tertiary/aromatic N) is 2. The number of thiazole rings is 1. The lowest BCUT2D eigenvalue weighted by Crippen LogP contribution is -2.41. The standard InChI is InChI=1S/C17H20N2O3S/c1-4-12(3)19(9-15(20)21)17(22)14-7-5-6-13(8-14)16-18-11(2)10-23-16/h5-8,10,12H,4,9H2,1-3H3,(H,20,21). The molecule has 1 aromatic carbocycles. The van der Waals surface area contributed by atoms with Crippen LogP contribution in [-0.2, 0) is 4.79 Å². The summed E-state index contributed by atoms with van der Waals surface area (Å²) in [4.78, 5) is 29.6. The van der Waals surface area contributed by atoms with Crippen molar-refractivity contribution in [2.45, 2.75) is 33.2 Å². The zero-order valence-corrected chi connectivity index (χ0v) is 14.3. The molecular weight excluding hydrogens is 312 g/mol. The molecule has 2 aromatic rings. The first-order valence-electron chi connectivity index (χ1n) is 7.47. The number of carboxylic acid groups (broad SMARTS) is 1. The van der Waals surface area contributed by atoms with Gasteiger partial charge in [0.05, 0.1) is 0 Å². The van der Waals surface area contributed by atoms with Crippen LogP contribution in [-0.4, -0.2) is 39.5 Å². The smallest absolute Gasteiger partial charge is 0.323 e. The van der Waals surface area contributed by atoms with Gasteiger partial charge in [0.15, 0.2) is 0 Å². The number of carboxylic acids is 1. The minimum Gasteiger partial charge on any atom is -0.480 e. The molecule has 0 aliphatic carbocycles. The molecule has 0 bridgehead atoms. The average molecular weight is 332 g/mol. The van der Waals surface area contributed by atoms with Crippen molar-refractivity contribution in [1.29, 1.82) is 0 Å². The Hall–Kier alpha value is -2.21. The van der Waals surface area contributed by atoms with E-state index in [0.29, 0.717) is 12.0 Å². The van der Waals surface area contributed by atoms with Crippen molar-refractivity contribution < 1.29 is 14.7 Å². The van der Waals surface area contributed by atoms with Crippen LogP contribution in [0.5, 0.6) is 0 Å². The second-order valence-corrected chi connectivity index (χ2v) is 6.32. The SMILES string of the molecule is CCC(C)N(CC(=O)O)C(=O)c1cccc(-c2nc(C)cs2)c1. The fourth-order valence-corrected chi connectivity index (χ4v) is 3.03. The van der Waals surface area contributed by atoms with E-state index in [1.807, 2.05) is 32.2 Å². The van der Waals surface area contributed by atoms with E-state index in [-0.39, 0.29) is 18.5 Å². The van der Waals surface area contributed by atoms with E-state index in [1.165, 1.54) is 16.2 Å². The molecule has 0 fully saturated rings. The van der Waals surface area contributed by atoms with Gasteiger partial charge in [-0.1, -0.05) is 19.1 Å². The van der Waals surface area contributed by atoms with Gasteiger partial charge in [-0.25, -0.2) is 4.98 Å². The lowest BCUT2D eigenvalue weighted by Gasteiger charge is -2.27. The molecule has 1 aromatic heterocycles. The van der Waals surface area contributed by atoms with Crippen LogP contribution in [0.4, 0.5) is 0 Å². The van der Waals surface area contributed by atoms with Gasteiger partial charge in [0.25, 0.3) is 5.91 Å². The Bertz CT molecular complexity index is 711. The maximum Gasteiger partial charge on any atom is 0.323 e. The number of aromatic nitrogens is 1. The Morgan fingerprint density at radius 1 is 1.39 bits per heavy atom. The third kappa shape index (κ3) is 4.16. The molecule has 0 aliphatic rings. The fraction of sp³-hybridized carbons (Fsp3) is 0.353. The zero-order chi connectivity index (χ0) is 17.0. The summed E-state index contributed by atoms with van der Waals surface area (Å²) in [5, 5.41) is 11.9. The molecule has 1 atom stereocenters. The summed E-state index contributed by atoms with van der Waals surface area (Å²) in [6.07, 6.45) is 0.699. The first-order valence-corrected chi connectivity index (χ1v) is 8.35. The monoisotopic (exact) mass is 332 g/mol. The molecule has 2 rings (SSSR count). The van der Waals surface area contributed by atoms with Crippen molar-refractivity contribution in [2.75, 3.05) is 6.54 Å². The van der Waals surface area contributed by atoms with Crippen LogP contribution in [0.15, 0.2) is 29.6 Å². The van der Waals surface area contributed by atoms with Crippen molar-refractivity contribution in [3.8, 4) is 10.6 Å². The molecule has 0 spiro atoms. The lowest BCUT2D eigenvalue weighted by molar-refractivity contribution is -0.138. The first-order chi connectivity index (χ1) is 10.9. The van der Waals surface area contributed by atoms with E-state index < -0.39 is 5.97 Å². The largest absolute Gasteiger partial charge is 0.480 e. The molecule has 1 amide bonds. The van der Waals surface area contributed by atoms with Crippen molar-refractivity contribution in [2.24, 2.45) is 0 Å². The van der Waals surface area contributed by atoms with E-state index in [1.54, 1.807) is 18.2 Å². The van der Waals surface area contributed by atoms with E-state index in [9.17, 15) is 9.59 Å². The van der Waals surface area contributed by atoms with Crippen molar-refractivity contribution in [3.63, 3.8) is 0 Å². The molecule has 1 heterocycles. The molecular formula is C17H20N2O3S. The van der Waals surface area contributed by atoms with Crippen molar-refractivity contribution >= 4 is 23.2 Å². The van der Waals surface area contributed by atoms with Crippen LogP contribution in [0.25, 0.3) is 10.6 Å². The van der Waals surface area contributed by atoms with Crippen molar-refractivity contribution in [3.05, 3.63) is 40.9 Å². The number of carbonyl (C=O) groups is 2. The summed E-state index contributed by atoms with van der Waals surface area (Å²) in [5.41, 5.74) is 2.29. The predicted molar refractivity (Wildman–Crippen MR) is 90.7 cm³/mol. The van der Waals surface area contributed by atoms with Gasteiger partial charge in [-0.05, 0) is 32.4 Å². The fourth-order valence-electron chi connectivity index (χ4n) is 2.23. The van der Waals surface area contributed by atoms with Crippen LogP contribution in [0.2, 0.25) is 0 Å². The van der Waals surface area contributed by atoms with Crippen LogP contribution in [0.3, 0.4) is 0 Å². The lowest BCUT2D eigenvalue weighted by atomic mass is 10.1. The number of aryl methyl sites for hydroxylation is 1. The zero-order valence-electron chi connectivity index (χ0n) is 13.4. The number of hydrogen-bond donors (Lipinski definition) is 1. The van der Waals surface area contributed by atoms with Gasteiger partial charge in [-0.3, -0.25) is 9.59 Å². The Kier molecular flexibility index (Phi) is 5.50. The Labute approximate surface area is 139 Å². The Balaban J connectivity index is 2.32. The van der Waals surface area contributed by atoms with E-state index in [2.05, 4.69) is 4.98 Å².